The maximum atomic E-state index is 10.2. The molecular formula is C27H40O3. The molecule has 0 aromatic heterocycles. The van der Waals surface area contributed by atoms with Gasteiger partial charge < -0.3 is 15.3 Å². The Kier molecular flexibility index (Phi) is 6.44. The molecule has 0 saturated heterocycles. The van der Waals surface area contributed by atoms with E-state index in [4.69, 9.17) is 0 Å². The molecule has 0 bridgehead atoms. The van der Waals surface area contributed by atoms with E-state index in [1.54, 1.807) is 0 Å². The van der Waals surface area contributed by atoms with Crippen LogP contribution in [0.15, 0.2) is 47.6 Å². The fourth-order valence-electron chi connectivity index (χ4n) is 6.63. The van der Waals surface area contributed by atoms with Crippen LogP contribution in [0.25, 0.3) is 0 Å². The average Bonchev–Trinajstić information content (AvgIpc) is 3.49. The zero-order valence-electron chi connectivity index (χ0n) is 18.8. The lowest BCUT2D eigenvalue weighted by atomic mass is 9.61. The predicted octanol–water partition coefficient (Wildman–Crippen LogP) is 5.09. The van der Waals surface area contributed by atoms with E-state index in [0.717, 1.165) is 17.6 Å². The van der Waals surface area contributed by atoms with Gasteiger partial charge in [-0.05, 0) is 91.6 Å². The number of fused-ring (bicyclic) bond motifs is 1. The van der Waals surface area contributed by atoms with Crippen LogP contribution in [0.4, 0.5) is 0 Å². The minimum atomic E-state index is -0.621. The largest absolute Gasteiger partial charge is 0.393 e. The molecule has 4 aliphatic rings. The predicted molar refractivity (Wildman–Crippen MR) is 122 cm³/mol. The summed E-state index contributed by atoms with van der Waals surface area (Å²) >= 11 is 0. The van der Waals surface area contributed by atoms with E-state index in [0.29, 0.717) is 41.9 Å². The Balaban J connectivity index is 1.48. The van der Waals surface area contributed by atoms with Crippen molar-refractivity contribution in [1.82, 2.24) is 0 Å². The summed E-state index contributed by atoms with van der Waals surface area (Å²) in [6.07, 6.45) is 16.9. The van der Waals surface area contributed by atoms with Crippen LogP contribution in [0.1, 0.15) is 71.6 Å². The molecule has 0 aromatic rings. The first-order chi connectivity index (χ1) is 14.3. The number of allylic oxidation sites excluding steroid dienone is 4. The van der Waals surface area contributed by atoms with Crippen LogP contribution in [0.5, 0.6) is 0 Å². The lowest BCUT2D eigenvalue weighted by Crippen LogP contribution is -2.35. The van der Waals surface area contributed by atoms with Gasteiger partial charge in [-0.25, -0.2) is 0 Å². The second-order valence-electron chi connectivity index (χ2n) is 10.7. The van der Waals surface area contributed by atoms with Crippen LogP contribution in [-0.4, -0.2) is 33.6 Å². The van der Waals surface area contributed by atoms with E-state index in [9.17, 15) is 15.3 Å². The molecule has 3 nitrogen and oxygen atoms in total. The minimum Gasteiger partial charge on any atom is -0.393 e. The van der Waals surface area contributed by atoms with Gasteiger partial charge in [0.1, 0.15) is 0 Å². The Bertz CT molecular complexity index is 743. The highest BCUT2D eigenvalue weighted by Gasteiger charge is 2.50. The van der Waals surface area contributed by atoms with Crippen LogP contribution in [0, 0.1) is 29.1 Å². The summed E-state index contributed by atoms with van der Waals surface area (Å²) in [5.41, 5.74) is 3.63. The van der Waals surface area contributed by atoms with Crippen LogP contribution >= 0.6 is 0 Å². The maximum Gasteiger partial charge on any atom is 0.0811 e. The highest BCUT2D eigenvalue weighted by atomic mass is 16.3. The number of aliphatic hydroxyl groups is 3. The zero-order valence-corrected chi connectivity index (χ0v) is 18.8. The molecule has 3 heteroatoms. The Labute approximate surface area is 182 Å². The highest BCUT2D eigenvalue weighted by molar-refractivity contribution is 5.38. The van der Waals surface area contributed by atoms with Crippen molar-refractivity contribution in [2.45, 2.75) is 89.9 Å². The van der Waals surface area contributed by atoms with Crippen LogP contribution in [-0.2, 0) is 0 Å². The minimum absolute atomic E-state index is 0.250. The molecule has 3 N–H and O–H groups in total. The van der Waals surface area contributed by atoms with Gasteiger partial charge in [0.2, 0.25) is 0 Å². The van der Waals surface area contributed by atoms with Gasteiger partial charge in [0.05, 0.1) is 18.3 Å². The summed E-state index contributed by atoms with van der Waals surface area (Å²) in [4.78, 5) is 0. The number of rotatable bonds is 5. The molecule has 0 radical (unpaired) electrons. The third kappa shape index (κ3) is 4.40. The quantitative estimate of drug-likeness (QED) is 0.551. The van der Waals surface area contributed by atoms with Gasteiger partial charge in [-0.3, -0.25) is 0 Å². The van der Waals surface area contributed by atoms with Gasteiger partial charge in [0.15, 0.2) is 0 Å². The van der Waals surface area contributed by atoms with Crippen molar-refractivity contribution < 1.29 is 15.3 Å². The number of hydrogen-bond acceptors (Lipinski definition) is 3. The fourth-order valence-corrected chi connectivity index (χ4v) is 6.63. The van der Waals surface area contributed by atoms with E-state index in [1.165, 1.54) is 44.1 Å². The molecule has 7 atom stereocenters. The molecule has 0 aliphatic heterocycles. The second kappa shape index (κ2) is 8.76. The van der Waals surface area contributed by atoms with Gasteiger partial charge in [0.25, 0.3) is 0 Å². The fraction of sp³-hybridized carbons (Fsp3) is 0.704. The summed E-state index contributed by atoms with van der Waals surface area (Å²) in [6.45, 7) is 8.88. The van der Waals surface area contributed by atoms with Crippen molar-refractivity contribution in [2.24, 2.45) is 29.1 Å². The molecule has 0 amide bonds. The first-order valence-corrected chi connectivity index (χ1v) is 12.1. The van der Waals surface area contributed by atoms with Gasteiger partial charge >= 0.3 is 0 Å². The Hall–Kier alpha value is -1.16. The van der Waals surface area contributed by atoms with Crippen molar-refractivity contribution in [2.75, 3.05) is 0 Å². The van der Waals surface area contributed by atoms with E-state index >= 15 is 0 Å². The molecule has 4 saturated carbocycles. The third-order valence-electron chi connectivity index (χ3n) is 8.65. The molecule has 0 aromatic carbocycles. The monoisotopic (exact) mass is 412 g/mol. The summed E-state index contributed by atoms with van der Waals surface area (Å²) in [6, 6.07) is 0. The van der Waals surface area contributed by atoms with Gasteiger partial charge in [0, 0.05) is 6.42 Å². The van der Waals surface area contributed by atoms with E-state index in [1.807, 2.05) is 0 Å². The topological polar surface area (TPSA) is 60.7 Å². The molecule has 0 heterocycles. The zero-order chi connectivity index (χ0) is 21.5. The van der Waals surface area contributed by atoms with Crippen molar-refractivity contribution >= 4 is 0 Å². The van der Waals surface area contributed by atoms with E-state index < -0.39 is 12.2 Å². The standard InChI is InChI=1S/C27H40O3/c1-17(6-13-25(29)20-8-9-20)23-11-12-24-19(5-4-14-27(23,24)3)7-10-21-15-22(28)16-26(30)18(21)2/h6-7,10,13,17,20,22-26,28-30H,2,4-5,8-9,11-12,14-16H2,1,3H3/b13-6+,19-7+,21-10+/t17-,22-,23-,24+,25?,26+,27-/m1/s1. The lowest BCUT2D eigenvalue weighted by Gasteiger charge is -2.44. The Morgan fingerprint density at radius 2 is 1.87 bits per heavy atom. The van der Waals surface area contributed by atoms with Crippen LogP contribution in [0.2, 0.25) is 0 Å². The summed E-state index contributed by atoms with van der Waals surface area (Å²) in [5.74, 6) is 2.28. The van der Waals surface area contributed by atoms with E-state index in [-0.39, 0.29) is 6.10 Å². The van der Waals surface area contributed by atoms with Crippen LogP contribution < -0.4 is 0 Å². The van der Waals surface area contributed by atoms with Crippen molar-refractivity contribution in [3.05, 3.63) is 47.6 Å². The molecule has 4 aliphatic carbocycles. The molecule has 166 valence electrons. The first kappa shape index (κ1) is 22.0. The summed E-state index contributed by atoms with van der Waals surface area (Å²) < 4.78 is 0. The van der Waals surface area contributed by atoms with Gasteiger partial charge in [-0.15, -0.1) is 0 Å². The third-order valence-corrected chi connectivity index (χ3v) is 8.65. The molecule has 1 unspecified atom stereocenters. The first-order valence-electron chi connectivity index (χ1n) is 12.1. The van der Waals surface area contributed by atoms with Crippen molar-refractivity contribution in [1.29, 1.82) is 0 Å². The molecule has 4 rings (SSSR count). The molecule has 30 heavy (non-hydrogen) atoms. The molecular weight excluding hydrogens is 372 g/mol. The molecule has 4 fully saturated rings. The van der Waals surface area contributed by atoms with Crippen molar-refractivity contribution in [3.8, 4) is 0 Å². The van der Waals surface area contributed by atoms with Gasteiger partial charge in [-0.2, -0.15) is 0 Å². The van der Waals surface area contributed by atoms with Gasteiger partial charge in [-0.1, -0.05) is 50.3 Å². The van der Waals surface area contributed by atoms with E-state index in [2.05, 4.69) is 44.7 Å². The smallest absolute Gasteiger partial charge is 0.0811 e. The number of hydrogen-bond donors (Lipinski definition) is 3. The van der Waals surface area contributed by atoms with Crippen molar-refractivity contribution in [3.63, 3.8) is 0 Å². The summed E-state index contributed by atoms with van der Waals surface area (Å²) in [5, 5.41) is 30.4. The second-order valence-corrected chi connectivity index (χ2v) is 10.7. The normalized spacial score (nSPS) is 42.1. The highest BCUT2D eigenvalue weighted by Crippen LogP contribution is 2.59. The van der Waals surface area contributed by atoms with Crippen LogP contribution in [0.3, 0.4) is 0 Å². The maximum absolute atomic E-state index is 10.2. The molecule has 0 spiro atoms. The Morgan fingerprint density at radius 1 is 1.10 bits per heavy atom. The average molecular weight is 413 g/mol. The Morgan fingerprint density at radius 3 is 2.60 bits per heavy atom. The summed E-state index contributed by atoms with van der Waals surface area (Å²) in [7, 11) is 0. The number of aliphatic hydroxyl groups excluding tert-OH is 3. The lowest BCUT2D eigenvalue weighted by molar-refractivity contribution is 0.0862. The SMILES string of the molecule is C=C1/C(=C/C=C2\CCC[C@]3(C)[C@@H]([C@H](C)/C=C/C(O)C4CC4)CC[C@@H]23)C[C@@H](O)C[C@@H]1O.